The third-order valence-corrected chi connectivity index (χ3v) is 4.19. The summed E-state index contributed by atoms with van der Waals surface area (Å²) in [5, 5.41) is 2.75. The molecule has 0 saturated heterocycles. The SMILES string of the molecule is COC(=O)c1ccccc1NC(=O)CCc1cccc(Oc2ccc(F)cc2)c1. The summed E-state index contributed by atoms with van der Waals surface area (Å²) in [7, 11) is 1.29. The fraction of sp³-hybridized carbons (Fsp3) is 0.130. The van der Waals surface area contributed by atoms with Crippen LogP contribution in [0.25, 0.3) is 0 Å². The predicted octanol–water partition coefficient (Wildman–Crippen LogP) is 4.98. The number of para-hydroxylation sites is 1. The summed E-state index contributed by atoms with van der Waals surface area (Å²) in [5.74, 6) is 0.0786. The Morgan fingerprint density at radius 3 is 2.45 bits per heavy atom. The van der Waals surface area contributed by atoms with E-state index in [0.717, 1.165) is 5.56 Å². The number of carbonyl (C=O) groups excluding carboxylic acids is 2. The lowest BCUT2D eigenvalue weighted by molar-refractivity contribution is -0.116. The van der Waals surface area contributed by atoms with E-state index in [4.69, 9.17) is 9.47 Å². The second-order valence-corrected chi connectivity index (χ2v) is 6.29. The molecular formula is C23H20FNO4. The van der Waals surface area contributed by atoms with Crippen molar-refractivity contribution in [3.8, 4) is 11.5 Å². The number of hydrogen-bond acceptors (Lipinski definition) is 4. The number of nitrogens with one attached hydrogen (secondary N) is 1. The van der Waals surface area contributed by atoms with Crippen molar-refractivity contribution in [2.24, 2.45) is 0 Å². The predicted molar refractivity (Wildman–Crippen MR) is 108 cm³/mol. The summed E-state index contributed by atoms with van der Waals surface area (Å²) in [6.45, 7) is 0. The van der Waals surface area contributed by atoms with Gasteiger partial charge in [0.1, 0.15) is 17.3 Å². The van der Waals surface area contributed by atoms with Crippen molar-refractivity contribution in [1.29, 1.82) is 0 Å². The molecule has 3 aromatic carbocycles. The van der Waals surface area contributed by atoms with E-state index in [-0.39, 0.29) is 18.1 Å². The molecule has 3 aromatic rings. The van der Waals surface area contributed by atoms with Crippen LogP contribution in [-0.2, 0) is 16.0 Å². The van der Waals surface area contributed by atoms with Crippen LogP contribution in [0.15, 0.2) is 72.8 Å². The quantitative estimate of drug-likeness (QED) is 0.575. The molecule has 0 spiro atoms. The Morgan fingerprint density at radius 2 is 1.69 bits per heavy atom. The molecule has 29 heavy (non-hydrogen) atoms. The standard InChI is InChI=1S/C23H20FNO4/c1-28-23(27)20-7-2-3-8-21(20)25-22(26)14-9-16-5-4-6-19(15-16)29-18-12-10-17(24)11-13-18/h2-8,10-13,15H,9,14H2,1H3,(H,25,26). The third-order valence-electron chi connectivity index (χ3n) is 4.19. The Balaban J connectivity index is 1.59. The minimum atomic E-state index is -0.508. The molecular weight excluding hydrogens is 373 g/mol. The first kappa shape index (κ1) is 20.1. The molecule has 0 aliphatic rings. The van der Waals surface area contributed by atoms with Crippen LogP contribution in [0.4, 0.5) is 10.1 Å². The van der Waals surface area contributed by atoms with E-state index in [1.165, 1.54) is 19.2 Å². The van der Waals surface area contributed by atoms with Gasteiger partial charge in [0.15, 0.2) is 0 Å². The number of carbonyl (C=O) groups is 2. The van der Waals surface area contributed by atoms with Crippen molar-refractivity contribution < 1.29 is 23.5 Å². The molecule has 0 heterocycles. The van der Waals surface area contributed by atoms with Gasteiger partial charge in [-0.3, -0.25) is 4.79 Å². The van der Waals surface area contributed by atoms with E-state index in [2.05, 4.69) is 5.32 Å². The summed E-state index contributed by atoms with van der Waals surface area (Å²) >= 11 is 0. The van der Waals surface area contributed by atoms with Crippen LogP contribution in [0.1, 0.15) is 22.3 Å². The first-order chi connectivity index (χ1) is 14.0. The van der Waals surface area contributed by atoms with Crippen LogP contribution >= 0.6 is 0 Å². The third kappa shape index (κ3) is 5.65. The van der Waals surface area contributed by atoms with Gasteiger partial charge in [-0.2, -0.15) is 0 Å². The molecule has 5 nitrogen and oxygen atoms in total. The molecule has 1 amide bonds. The van der Waals surface area contributed by atoms with E-state index < -0.39 is 5.97 Å². The second-order valence-electron chi connectivity index (χ2n) is 6.29. The van der Waals surface area contributed by atoms with Gasteiger partial charge < -0.3 is 14.8 Å². The normalized spacial score (nSPS) is 10.3. The van der Waals surface area contributed by atoms with Crippen molar-refractivity contribution in [1.82, 2.24) is 0 Å². The zero-order chi connectivity index (χ0) is 20.6. The highest BCUT2D eigenvalue weighted by atomic mass is 19.1. The Bertz CT molecular complexity index is 1000. The van der Waals surface area contributed by atoms with E-state index >= 15 is 0 Å². The monoisotopic (exact) mass is 393 g/mol. The van der Waals surface area contributed by atoms with Gasteiger partial charge in [0.05, 0.1) is 18.4 Å². The van der Waals surface area contributed by atoms with Gasteiger partial charge >= 0.3 is 5.97 Å². The molecule has 0 fully saturated rings. The van der Waals surface area contributed by atoms with Crippen molar-refractivity contribution in [2.45, 2.75) is 12.8 Å². The van der Waals surface area contributed by atoms with E-state index in [1.54, 1.807) is 42.5 Å². The second kappa shape index (κ2) is 9.50. The topological polar surface area (TPSA) is 64.6 Å². The number of benzene rings is 3. The van der Waals surface area contributed by atoms with Crippen molar-refractivity contribution in [3.05, 3.63) is 89.7 Å². The number of amides is 1. The number of aryl methyl sites for hydroxylation is 1. The molecule has 1 N–H and O–H groups in total. The maximum Gasteiger partial charge on any atom is 0.339 e. The number of rotatable bonds is 7. The molecule has 3 rings (SSSR count). The molecule has 0 aliphatic heterocycles. The summed E-state index contributed by atoms with van der Waals surface area (Å²) in [6, 6.07) is 19.8. The lowest BCUT2D eigenvalue weighted by Gasteiger charge is -2.10. The van der Waals surface area contributed by atoms with Gasteiger partial charge in [-0.25, -0.2) is 9.18 Å². The average molecular weight is 393 g/mol. The van der Waals surface area contributed by atoms with Crippen molar-refractivity contribution in [3.63, 3.8) is 0 Å². The van der Waals surface area contributed by atoms with E-state index in [0.29, 0.717) is 29.2 Å². The fourth-order valence-electron chi connectivity index (χ4n) is 2.75. The van der Waals surface area contributed by atoms with Gasteiger partial charge in [0.2, 0.25) is 5.91 Å². The molecule has 0 aliphatic carbocycles. The van der Waals surface area contributed by atoms with Crippen LogP contribution in [0.2, 0.25) is 0 Å². The molecule has 0 atom stereocenters. The molecule has 0 saturated carbocycles. The highest BCUT2D eigenvalue weighted by Gasteiger charge is 2.13. The van der Waals surface area contributed by atoms with Gasteiger partial charge in [-0.15, -0.1) is 0 Å². The van der Waals surface area contributed by atoms with Crippen LogP contribution in [0, 0.1) is 5.82 Å². The Labute approximate surface area is 168 Å². The summed E-state index contributed by atoms with van der Waals surface area (Å²) < 4.78 is 23.4. The van der Waals surface area contributed by atoms with Crippen LogP contribution < -0.4 is 10.1 Å². The Morgan fingerprint density at radius 1 is 0.931 bits per heavy atom. The van der Waals surface area contributed by atoms with Crippen LogP contribution in [-0.4, -0.2) is 19.0 Å². The lowest BCUT2D eigenvalue weighted by Crippen LogP contribution is -2.15. The van der Waals surface area contributed by atoms with E-state index in [1.807, 2.05) is 18.2 Å². The molecule has 6 heteroatoms. The molecule has 0 radical (unpaired) electrons. The number of methoxy groups -OCH3 is 1. The zero-order valence-electron chi connectivity index (χ0n) is 15.9. The Hall–Kier alpha value is -3.67. The smallest absolute Gasteiger partial charge is 0.339 e. The van der Waals surface area contributed by atoms with E-state index in [9.17, 15) is 14.0 Å². The van der Waals surface area contributed by atoms with Crippen LogP contribution in [0.5, 0.6) is 11.5 Å². The number of ether oxygens (including phenoxy) is 2. The first-order valence-corrected chi connectivity index (χ1v) is 9.05. The van der Waals surface area contributed by atoms with Gasteiger partial charge in [-0.05, 0) is 60.5 Å². The number of hydrogen-bond donors (Lipinski definition) is 1. The maximum absolute atomic E-state index is 13.0. The zero-order valence-corrected chi connectivity index (χ0v) is 15.9. The van der Waals surface area contributed by atoms with Gasteiger partial charge in [0, 0.05) is 6.42 Å². The van der Waals surface area contributed by atoms with Gasteiger partial charge in [0.25, 0.3) is 0 Å². The highest BCUT2D eigenvalue weighted by molar-refractivity contribution is 6.01. The molecule has 0 bridgehead atoms. The minimum Gasteiger partial charge on any atom is -0.465 e. The lowest BCUT2D eigenvalue weighted by atomic mass is 10.1. The fourth-order valence-corrected chi connectivity index (χ4v) is 2.75. The number of esters is 1. The summed E-state index contributed by atoms with van der Waals surface area (Å²) in [6.07, 6.45) is 0.725. The molecule has 0 unspecified atom stereocenters. The maximum atomic E-state index is 13.0. The number of anilines is 1. The molecule has 148 valence electrons. The first-order valence-electron chi connectivity index (χ1n) is 9.05. The highest BCUT2D eigenvalue weighted by Crippen LogP contribution is 2.23. The molecule has 0 aromatic heterocycles. The van der Waals surface area contributed by atoms with Crippen molar-refractivity contribution in [2.75, 3.05) is 12.4 Å². The van der Waals surface area contributed by atoms with Gasteiger partial charge in [-0.1, -0.05) is 24.3 Å². The summed E-state index contributed by atoms with van der Waals surface area (Å²) in [4.78, 5) is 24.1. The van der Waals surface area contributed by atoms with Crippen molar-refractivity contribution >= 4 is 17.6 Å². The van der Waals surface area contributed by atoms with Crippen LogP contribution in [0.3, 0.4) is 0 Å². The number of halogens is 1. The summed E-state index contributed by atoms with van der Waals surface area (Å²) in [5.41, 5.74) is 1.64. The largest absolute Gasteiger partial charge is 0.465 e. The minimum absolute atomic E-state index is 0.216. The Kier molecular flexibility index (Phi) is 6.58. The average Bonchev–Trinajstić information content (AvgIpc) is 2.74.